The third kappa shape index (κ3) is 3.23. The lowest BCUT2D eigenvalue weighted by molar-refractivity contribution is 0.0706. The molecule has 9 heteroatoms. The van der Waals surface area contributed by atoms with E-state index in [0.717, 1.165) is 0 Å². The van der Waals surface area contributed by atoms with Crippen LogP contribution >= 0.6 is 0 Å². The van der Waals surface area contributed by atoms with Gasteiger partial charge >= 0.3 is 0 Å². The van der Waals surface area contributed by atoms with Crippen LogP contribution in [0.4, 0.5) is 0 Å². The second kappa shape index (κ2) is 8.19. The molecule has 0 spiro atoms. The Bertz CT molecular complexity index is 1100. The van der Waals surface area contributed by atoms with Gasteiger partial charge in [0.25, 0.3) is 5.91 Å². The van der Waals surface area contributed by atoms with E-state index in [4.69, 9.17) is 14.2 Å². The summed E-state index contributed by atoms with van der Waals surface area (Å²) < 4.78 is 16.4. The number of rotatable bonds is 7. The molecule has 0 aliphatic carbocycles. The first-order valence-corrected chi connectivity index (χ1v) is 9.64. The van der Waals surface area contributed by atoms with Crippen LogP contribution in [0.15, 0.2) is 36.4 Å². The average Bonchev–Trinajstić information content (AvgIpc) is 3.32. The van der Waals surface area contributed by atoms with Gasteiger partial charge in [-0.1, -0.05) is 12.1 Å². The lowest BCUT2D eigenvalue weighted by Crippen LogP contribution is -2.32. The molecule has 3 aromatic rings. The molecule has 1 aliphatic heterocycles. The van der Waals surface area contributed by atoms with E-state index in [2.05, 4.69) is 10.2 Å². The maximum atomic E-state index is 13.1. The molecule has 1 atom stereocenters. The largest absolute Gasteiger partial charge is 0.507 e. The molecule has 9 nitrogen and oxygen atoms in total. The van der Waals surface area contributed by atoms with Crippen molar-refractivity contribution in [3.8, 4) is 34.3 Å². The predicted octanol–water partition coefficient (Wildman–Crippen LogP) is 2.35. The van der Waals surface area contributed by atoms with E-state index >= 15 is 0 Å². The van der Waals surface area contributed by atoms with Crippen molar-refractivity contribution in [2.24, 2.45) is 0 Å². The number of phenols is 1. The molecule has 1 aromatic heterocycles. The number of fused-ring (bicyclic) bond motifs is 1. The van der Waals surface area contributed by atoms with Gasteiger partial charge in [0.2, 0.25) is 5.75 Å². The van der Waals surface area contributed by atoms with E-state index in [1.807, 2.05) is 0 Å². The second-order valence-electron chi connectivity index (χ2n) is 6.96. The van der Waals surface area contributed by atoms with Gasteiger partial charge in [-0.05, 0) is 29.8 Å². The summed E-state index contributed by atoms with van der Waals surface area (Å²) in [4.78, 5) is 14.7. The Morgan fingerprint density at radius 2 is 1.77 bits per heavy atom. The third-order valence-electron chi connectivity index (χ3n) is 5.37. The summed E-state index contributed by atoms with van der Waals surface area (Å²) >= 11 is 0. The maximum absolute atomic E-state index is 13.1. The number of ether oxygens (including phenoxy) is 3. The van der Waals surface area contributed by atoms with Crippen LogP contribution in [0.5, 0.6) is 23.0 Å². The Hall–Kier alpha value is -3.72. The molecule has 31 heavy (non-hydrogen) atoms. The smallest absolute Gasteiger partial charge is 0.273 e. The quantitative estimate of drug-likeness (QED) is 0.532. The summed E-state index contributed by atoms with van der Waals surface area (Å²) in [6.07, 6.45) is 0. The number of carbonyl (C=O) groups is 1. The van der Waals surface area contributed by atoms with Crippen LogP contribution in [0.2, 0.25) is 0 Å². The lowest BCUT2D eigenvalue weighted by atomic mass is 9.95. The molecular formula is C22H23N3O6. The number of aromatic nitrogens is 2. The number of carbonyl (C=O) groups excluding carboxylic acids is 1. The molecule has 4 rings (SSSR count). The summed E-state index contributed by atoms with van der Waals surface area (Å²) in [5.41, 5.74) is 2.56. The molecule has 3 N–H and O–H groups in total. The van der Waals surface area contributed by atoms with Crippen LogP contribution in [-0.2, 0) is 0 Å². The monoisotopic (exact) mass is 425 g/mol. The molecule has 1 aliphatic rings. The number of hydrogen-bond acceptors (Lipinski definition) is 7. The number of nitrogens with one attached hydrogen (secondary N) is 1. The predicted molar refractivity (Wildman–Crippen MR) is 112 cm³/mol. The highest BCUT2D eigenvalue weighted by Gasteiger charge is 2.42. The summed E-state index contributed by atoms with van der Waals surface area (Å²) in [6, 6.07) is 9.74. The van der Waals surface area contributed by atoms with Crippen molar-refractivity contribution in [1.82, 2.24) is 15.1 Å². The number of hydrogen-bond donors (Lipinski definition) is 3. The van der Waals surface area contributed by atoms with Gasteiger partial charge in [-0.3, -0.25) is 9.89 Å². The maximum Gasteiger partial charge on any atom is 0.273 e. The number of aromatic amines is 1. The van der Waals surface area contributed by atoms with Gasteiger partial charge in [-0.2, -0.15) is 5.10 Å². The van der Waals surface area contributed by atoms with Crippen molar-refractivity contribution < 1.29 is 29.2 Å². The number of nitrogens with zero attached hydrogens (tertiary/aromatic N) is 2. The number of benzene rings is 2. The van der Waals surface area contributed by atoms with E-state index in [9.17, 15) is 15.0 Å². The van der Waals surface area contributed by atoms with Crippen molar-refractivity contribution in [2.75, 3.05) is 34.5 Å². The highest BCUT2D eigenvalue weighted by Crippen LogP contribution is 2.47. The molecule has 2 aromatic carbocycles. The van der Waals surface area contributed by atoms with Gasteiger partial charge in [0.05, 0.1) is 34.0 Å². The fourth-order valence-electron chi connectivity index (χ4n) is 4.02. The van der Waals surface area contributed by atoms with Crippen LogP contribution in [-0.4, -0.2) is 65.7 Å². The van der Waals surface area contributed by atoms with Gasteiger partial charge in [-0.25, -0.2) is 0 Å². The average molecular weight is 425 g/mol. The number of β-amino-alcohol motifs (C(OH)–C–C–N with tert-alkyl or cyclic N) is 1. The molecule has 0 bridgehead atoms. The Balaban J connectivity index is 1.95. The topological polar surface area (TPSA) is 117 Å². The zero-order chi connectivity index (χ0) is 22.1. The van der Waals surface area contributed by atoms with E-state index in [1.165, 1.54) is 21.3 Å². The van der Waals surface area contributed by atoms with E-state index in [0.29, 0.717) is 45.3 Å². The van der Waals surface area contributed by atoms with Crippen molar-refractivity contribution in [1.29, 1.82) is 0 Å². The molecule has 0 saturated carbocycles. The van der Waals surface area contributed by atoms with Crippen molar-refractivity contribution >= 4 is 5.91 Å². The van der Waals surface area contributed by atoms with E-state index in [-0.39, 0.29) is 24.8 Å². The van der Waals surface area contributed by atoms with Gasteiger partial charge in [0.15, 0.2) is 11.5 Å². The normalized spacial score (nSPS) is 15.2. The lowest BCUT2D eigenvalue weighted by Gasteiger charge is -2.27. The van der Waals surface area contributed by atoms with Crippen LogP contribution in [0.3, 0.4) is 0 Å². The minimum atomic E-state index is -0.586. The molecule has 162 valence electrons. The number of aromatic hydroxyl groups is 1. The molecular weight excluding hydrogens is 402 g/mol. The molecule has 0 radical (unpaired) electrons. The minimum absolute atomic E-state index is 0.0495. The fourth-order valence-corrected chi connectivity index (χ4v) is 4.02. The summed E-state index contributed by atoms with van der Waals surface area (Å²) in [5.74, 6) is 1.06. The SMILES string of the molecule is COc1cc([C@H]2c3c(-c4ccccc4O)n[nH]c3C(=O)N2CCO)cc(OC)c1OC. The summed E-state index contributed by atoms with van der Waals surface area (Å²) in [7, 11) is 4.55. The zero-order valence-electron chi connectivity index (χ0n) is 17.4. The van der Waals surface area contributed by atoms with E-state index in [1.54, 1.807) is 41.3 Å². The number of para-hydroxylation sites is 1. The van der Waals surface area contributed by atoms with E-state index < -0.39 is 6.04 Å². The van der Waals surface area contributed by atoms with Crippen LogP contribution in [0.1, 0.15) is 27.7 Å². The molecule has 2 heterocycles. The van der Waals surface area contributed by atoms with Crippen molar-refractivity contribution in [3.05, 3.63) is 53.2 Å². The molecule has 0 saturated heterocycles. The molecule has 1 amide bonds. The van der Waals surface area contributed by atoms with Crippen LogP contribution < -0.4 is 14.2 Å². The van der Waals surface area contributed by atoms with Gasteiger partial charge in [0.1, 0.15) is 17.1 Å². The van der Waals surface area contributed by atoms with Crippen molar-refractivity contribution in [3.63, 3.8) is 0 Å². The third-order valence-corrected chi connectivity index (χ3v) is 5.37. The Morgan fingerprint density at radius 3 is 2.35 bits per heavy atom. The fraction of sp³-hybridized carbons (Fsp3) is 0.273. The van der Waals surface area contributed by atoms with Gasteiger partial charge < -0.3 is 29.3 Å². The molecule has 0 fully saturated rings. The number of aliphatic hydroxyl groups is 1. The second-order valence-corrected chi connectivity index (χ2v) is 6.96. The molecule has 0 unspecified atom stereocenters. The Morgan fingerprint density at radius 1 is 1.10 bits per heavy atom. The number of phenolic OH excluding ortho intramolecular Hbond substituents is 1. The zero-order valence-corrected chi connectivity index (χ0v) is 17.4. The Kier molecular flexibility index (Phi) is 5.43. The number of aliphatic hydroxyl groups excluding tert-OH is 1. The number of methoxy groups -OCH3 is 3. The first-order chi connectivity index (χ1) is 15.0. The van der Waals surface area contributed by atoms with Crippen molar-refractivity contribution in [2.45, 2.75) is 6.04 Å². The van der Waals surface area contributed by atoms with Crippen LogP contribution in [0.25, 0.3) is 11.3 Å². The van der Waals surface area contributed by atoms with Crippen LogP contribution in [0, 0.1) is 0 Å². The Labute approximate surface area is 178 Å². The number of H-pyrrole nitrogens is 1. The minimum Gasteiger partial charge on any atom is -0.507 e. The highest BCUT2D eigenvalue weighted by molar-refractivity contribution is 6.00. The number of amides is 1. The van der Waals surface area contributed by atoms with Gasteiger partial charge in [-0.15, -0.1) is 0 Å². The first kappa shape index (κ1) is 20.5. The highest BCUT2D eigenvalue weighted by atomic mass is 16.5. The first-order valence-electron chi connectivity index (χ1n) is 9.64. The van der Waals surface area contributed by atoms with Gasteiger partial charge in [0, 0.05) is 17.7 Å². The standard InChI is InChI=1S/C22H23N3O6/c1-29-15-10-12(11-16(30-2)21(15)31-3)20-17-18(13-6-4-5-7-14(13)27)23-24-19(17)22(28)25(20)8-9-26/h4-7,10-11,20,26-27H,8-9H2,1-3H3,(H,23,24)/t20-/m0/s1. The summed E-state index contributed by atoms with van der Waals surface area (Å²) in [6.45, 7) is -0.0980. The summed E-state index contributed by atoms with van der Waals surface area (Å²) in [5, 5.41) is 27.1.